The molecular weight excluding hydrogens is 270 g/mol. The van der Waals surface area contributed by atoms with Gasteiger partial charge in [-0.25, -0.2) is 4.68 Å². The smallest absolute Gasteiger partial charge is 0.280 e. The van der Waals surface area contributed by atoms with Gasteiger partial charge in [0.15, 0.2) is 10.5 Å². The van der Waals surface area contributed by atoms with E-state index in [2.05, 4.69) is 5.10 Å². The van der Waals surface area contributed by atoms with Crippen LogP contribution >= 0.6 is 23.8 Å². The molecular formula is C12H12ClN3OS. The zero-order chi connectivity index (χ0) is 13.4. The molecule has 2 rings (SSSR count). The van der Waals surface area contributed by atoms with Crippen LogP contribution in [0.3, 0.4) is 0 Å². The van der Waals surface area contributed by atoms with Crippen LogP contribution in [-0.4, -0.2) is 14.3 Å². The normalized spacial score (nSPS) is 10.7. The molecule has 1 aromatic heterocycles. The Labute approximate surface area is 114 Å². The molecule has 0 unspecified atom stereocenters. The second kappa shape index (κ2) is 4.66. The number of aryl methyl sites for hydroxylation is 2. The molecule has 4 nitrogen and oxygen atoms in total. The van der Waals surface area contributed by atoms with E-state index in [4.69, 9.17) is 23.8 Å². The monoisotopic (exact) mass is 281 g/mol. The minimum atomic E-state index is -0.208. The molecule has 0 aliphatic carbocycles. The van der Waals surface area contributed by atoms with Crippen LogP contribution in [0, 0.1) is 11.7 Å². The number of nitrogens with zero attached hydrogens (tertiary/aromatic N) is 3. The summed E-state index contributed by atoms with van der Waals surface area (Å²) in [5, 5.41) is 4.88. The van der Waals surface area contributed by atoms with Crippen molar-refractivity contribution < 1.29 is 0 Å². The van der Waals surface area contributed by atoms with Gasteiger partial charge in [-0.2, -0.15) is 5.10 Å². The average molecular weight is 282 g/mol. The first kappa shape index (κ1) is 13.0. The minimum absolute atomic E-state index is 0.208. The summed E-state index contributed by atoms with van der Waals surface area (Å²) in [6.45, 7) is 1.89. The largest absolute Gasteiger partial charge is 0.285 e. The molecule has 2 aromatic rings. The summed E-state index contributed by atoms with van der Waals surface area (Å²) >= 11 is 11.1. The quantitative estimate of drug-likeness (QED) is 0.754. The predicted molar refractivity (Wildman–Crippen MR) is 74.5 cm³/mol. The zero-order valence-electron chi connectivity index (χ0n) is 10.3. The standard InChI is InChI=1S/C12H12ClN3OS/c1-7-6-8(4-5-9(7)13)10-11(17)15(2)12(18)16(3)14-10/h4-6H,1-3H3. The molecule has 0 saturated carbocycles. The van der Waals surface area contributed by atoms with Gasteiger partial charge in [-0.1, -0.05) is 17.7 Å². The van der Waals surface area contributed by atoms with Crippen LogP contribution < -0.4 is 5.56 Å². The van der Waals surface area contributed by atoms with E-state index in [0.29, 0.717) is 15.5 Å². The maximum atomic E-state index is 12.1. The first-order chi connectivity index (χ1) is 8.41. The van der Waals surface area contributed by atoms with Crippen LogP contribution in [-0.2, 0) is 14.1 Å². The average Bonchev–Trinajstić information content (AvgIpc) is 2.35. The fraction of sp³-hybridized carbons (Fsp3) is 0.250. The molecule has 0 radical (unpaired) electrons. The second-order valence-electron chi connectivity index (χ2n) is 4.08. The van der Waals surface area contributed by atoms with E-state index in [1.807, 2.05) is 13.0 Å². The molecule has 1 heterocycles. The number of benzene rings is 1. The first-order valence-electron chi connectivity index (χ1n) is 5.32. The third-order valence-corrected chi connectivity index (χ3v) is 3.71. The third kappa shape index (κ3) is 2.11. The summed E-state index contributed by atoms with van der Waals surface area (Å²) in [7, 11) is 3.35. The Balaban J connectivity index is 2.76. The van der Waals surface area contributed by atoms with Crippen molar-refractivity contribution in [2.45, 2.75) is 6.92 Å². The van der Waals surface area contributed by atoms with Crippen LogP contribution in [0.15, 0.2) is 23.0 Å². The van der Waals surface area contributed by atoms with Gasteiger partial charge in [0, 0.05) is 24.7 Å². The van der Waals surface area contributed by atoms with Crippen molar-refractivity contribution in [2.24, 2.45) is 14.1 Å². The maximum Gasteiger partial charge on any atom is 0.280 e. The summed E-state index contributed by atoms with van der Waals surface area (Å²) in [6, 6.07) is 5.38. The highest BCUT2D eigenvalue weighted by molar-refractivity contribution is 7.71. The number of halogens is 1. The predicted octanol–water partition coefficient (Wildman–Crippen LogP) is 2.48. The van der Waals surface area contributed by atoms with E-state index in [9.17, 15) is 4.79 Å². The van der Waals surface area contributed by atoms with Gasteiger partial charge in [0.1, 0.15) is 0 Å². The van der Waals surface area contributed by atoms with Crippen molar-refractivity contribution in [3.63, 3.8) is 0 Å². The van der Waals surface area contributed by atoms with Gasteiger partial charge in [0.05, 0.1) is 0 Å². The molecule has 0 aliphatic heterocycles. The molecule has 0 amide bonds. The minimum Gasteiger partial charge on any atom is -0.285 e. The van der Waals surface area contributed by atoms with Gasteiger partial charge < -0.3 is 0 Å². The molecule has 0 bridgehead atoms. The molecule has 0 saturated heterocycles. The van der Waals surface area contributed by atoms with Gasteiger partial charge in [0.2, 0.25) is 0 Å². The molecule has 18 heavy (non-hydrogen) atoms. The molecule has 0 aliphatic rings. The zero-order valence-corrected chi connectivity index (χ0v) is 11.8. The van der Waals surface area contributed by atoms with E-state index in [0.717, 1.165) is 11.1 Å². The summed E-state index contributed by atoms with van der Waals surface area (Å²) in [5.74, 6) is 0. The molecule has 0 fully saturated rings. The Morgan fingerprint density at radius 1 is 1.33 bits per heavy atom. The van der Waals surface area contributed by atoms with Gasteiger partial charge in [0.25, 0.3) is 5.56 Å². The molecule has 94 valence electrons. The van der Waals surface area contributed by atoms with Crippen molar-refractivity contribution >= 4 is 23.8 Å². The number of rotatable bonds is 1. The Morgan fingerprint density at radius 3 is 2.61 bits per heavy atom. The molecule has 6 heteroatoms. The lowest BCUT2D eigenvalue weighted by atomic mass is 10.1. The second-order valence-corrected chi connectivity index (χ2v) is 4.86. The summed E-state index contributed by atoms with van der Waals surface area (Å²) in [5.41, 5.74) is 1.81. The summed E-state index contributed by atoms with van der Waals surface area (Å²) < 4.78 is 3.30. The van der Waals surface area contributed by atoms with Gasteiger partial charge >= 0.3 is 0 Å². The lowest BCUT2D eigenvalue weighted by Crippen LogP contribution is -2.25. The topological polar surface area (TPSA) is 39.8 Å². The summed E-state index contributed by atoms with van der Waals surface area (Å²) in [4.78, 5) is 12.1. The van der Waals surface area contributed by atoms with Crippen LogP contribution in [0.1, 0.15) is 5.56 Å². The number of hydrogen-bond donors (Lipinski definition) is 0. The molecule has 0 spiro atoms. The van der Waals surface area contributed by atoms with E-state index in [1.54, 1.807) is 26.2 Å². The lowest BCUT2D eigenvalue weighted by Gasteiger charge is -2.08. The Morgan fingerprint density at radius 2 is 2.00 bits per heavy atom. The molecule has 0 N–H and O–H groups in total. The van der Waals surface area contributed by atoms with Gasteiger partial charge in [-0.15, -0.1) is 0 Å². The SMILES string of the molecule is Cc1cc(-c2nn(C)c(=S)n(C)c2=O)ccc1Cl. The van der Waals surface area contributed by atoms with Crippen LogP contribution in [0.2, 0.25) is 5.02 Å². The fourth-order valence-corrected chi connectivity index (χ4v) is 1.91. The van der Waals surface area contributed by atoms with E-state index in [-0.39, 0.29) is 5.56 Å². The van der Waals surface area contributed by atoms with Crippen LogP contribution in [0.25, 0.3) is 11.3 Å². The number of hydrogen-bond acceptors (Lipinski definition) is 3. The van der Waals surface area contributed by atoms with Gasteiger partial charge in [-0.3, -0.25) is 9.36 Å². The summed E-state index contributed by atoms with van der Waals surface area (Å²) in [6.07, 6.45) is 0. The highest BCUT2D eigenvalue weighted by atomic mass is 35.5. The fourth-order valence-electron chi connectivity index (χ4n) is 1.67. The Bertz CT molecular complexity index is 733. The molecule has 1 aromatic carbocycles. The Hall–Kier alpha value is -1.46. The van der Waals surface area contributed by atoms with Gasteiger partial charge in [-0.05, 0) is 36.8 Å². The van der Waals surface area contributed by atoms with Crippen molar-refractivity contribution in [1.29, 1.82) is 0 Å². The van der Waals surface area contributed by atoms with E-state index < -0.39 is 0 Å². The molecule has 0 atom stereocenters. The van der Waals surface area contributed by atoms with Crippen molar-refractivity contribution in [3.05, 3.63) is 43.9 Å². The van der Waals surface area contributed by atoms with E-state index >= 15 is 0 Å². The lowest BCUT2D eigenvalue weighted by molar-refractivity contribution is 0.632. The highest BCUT2D eigenvalue weighted by Crippen LogP contribution is 2.21. The van der Waals surface area contributed by atoms with Crippen molar-refractivity contribution in [3.8, 4) is 11.3 Å². The van der Waals surface area contributed by atoms with Crippen molar-refractivity contribution in [2.75, 3.05) is 0 Å². The first-order valence-corrected chi connectivity index (χ1v) is 6.11. The van der Waals surface area contributed by atoms with Crippen molar-refractivity contribution in [1.82, 2.24) is 14.3 Å². The Kier molecular flexibility index (Phi) is 3.36. The third-order valence-electron chi connectivity index (χ3n) is 2.75. The van der Waals surface area contributed by atoms with E-state index in [1.165, 1.54) is 9.25 Å². The van der Waals surface area contributed by atoms with Crippen LogP contribution in [0.5, 0.6) is 0 Å². The highest BCUT2D eigenvalue weighted by Gasteiger charge is 2.10. The maximum absolute atomic E-state index is 12.1. The number of aromatic nitrogens is 3. The van der Waals surface area contributed by atoms with Crippen LogP contribution in [0.4, 0.5) is 0 Å².